The molecule has 0 spiro atoms. The lowest BCUT2D eigenvalue weighted by Gasteiger charge is -2.08. The number of anilines is 1. The summed E-state index contributed by atoms with van der Waals surface area (Å²) in [5, 5.41) is 4.39. The minimum Gasteiger partial charge on any atom is -0.483 e. The molecule has 0 bridgehead atoms. The van der Waals surface area contributed by atoms with E-state index in [0.29, 0.717) is 10.7 Å². The van der Waals surface area contributed by atoms with Gasteiger partial charge in [0.1, 0.15) is 12.3 Å². The number of halogens is 1. The third-order valence-electron chi connectivity index (χ3n) is 4.24. The Bertz CT molecular complexity index is 1200. The monoisotopic (exact) mass is 393 g/mol. The Balaban J connectivity index is 1.44. The van der Waals surface area contributed by atoms with Gasteiger partial charge in [0.05, 0.1) is 0 Å². The molecule has 0 fully saturated rings. The van der Waals surface area contributed by atoms with Crippen LogP contribution in [0.2, 0.25) is 5.02 Å². The molecule has 0 aliphatic heterocycles. The van der Waals surface area contributed by atoms with Crippen molar-refractivity contribution in [3.63, 3.8) is 0 Å². The number of H-pyrrole nitrogens is 2. The highest BCUT2D eigenvalue weighted by molar-refractivity contribution is 6.30. The van der Waals surface area contributed by atoms with Gasteiger partial charge in [-0.2, -0.15) is 0 Å². The van der Waals surface area contributed by atoms with E-state index in [9.17, 15) is 9.59 Å². The number of pyridine rings is 1. The molecule has 0 saturated heterocycles. The van der Waals surface area contributed by atoms with Gasteiger partial charge in [0.25, 0.3) is 5.91 Å². The first-order valence-corrected chi connectivity index (χ1v) is 8.95. The average molecular weight is 394 g/mol. The largest absolute Gasteiger partial charge is 0.483 e. The van der Waals surface area contributed by atoms with Gasteiger partial charge in [0.2, 0.25) is 5.43 Å². The van der Waals surface area contributed by atoms with E-state index >= 15 is 0 Å². The molecule has 4 aromatic rings. The van der Waals surface area contributed by atoms with Crippen LogP contribution in [-0.2, 0) is 6.61 Å². The molecule has 2 aromatic carbocycles. The van der Waals surface area contributed by atoms with E-state index in [-0.39, 0.29) is 23.5 Å². The fraction of sp³-hybridized carbons (Fsp3) is 0.0476. The molecular formula is C21H16ClN3O3. The van der Waals surface area contributed by atoms with Crippen LogP contribution in [-0.4, -0.2) is 15.9 Å². The molecule has 0 atom stereocenters. The first kappa shape index (κ1) is 17.9. The lowest BCUT2D eigenvalue weighted by Crippen LogP contribution is -2.17. The Morgan fingerprint density at radius 3 is 2.64 bits per heavy atom. The van der Waals surface area contributed by atoms with E-state index in [0.717, 1.165) is 16.5 Å². The quantitative estimate of drug-likeness (QED) is 0.471. The zero-order valence-electron chi connectivity index (χ0n) is 14.7. The smallest absolute Gasteiger partial charge is 0.272 e. The molecule has 1 amide bonds. The van der Waals surface area contributed by atoms with Crippen LogP contribution in [0.3, 0.4) is 0 Å². The Kier molecular flexibility index (Phi) is 4.87. The molecule has 0 unspecified atom stereocenters. The maximum absolute atomic E-state index is 12.4. The Hall–Kier alpha value is -3.51. The summed E-state index contributed by atoms with van der Waals surface area (Å²) in [5.74, 6) is -0.267. The van der Waals surface area contributed by atoms with Gasteiger partial charge in [0, 0.05) is 40.1 Å². The summed E-state index contributed by atoms with van der Waals surface area (Å²) in [6.07, 6.45) is 3.22. The number of hydrogen-bond acceptors (Lipinski definition) is 3. The van der Waals surface area contributed by atoms with Crippen LogP contribution in [0.4, 0.5) is 5.69 Å². The minimum absolute atomic E-state index is 0.139. The highest BCUT2D eigenvalue weighted by Gasteiger charge is 2.11. The van der Waals surface area contributed by atoms with E-state index in [4.69, 9.17) is 16.3 Å². The molecule has 2 heterocycles. The van der Waals surface area contributed by atoms with Crippen LogP contribution in [0.25, 0.3) is 10.9 Å². The molecule has 0 aliphatic carbocycles. The van der Waals surface area contributed by atoms with Gasteiger partial charge in [-0.1, -0.05) is 23.7 Å². The lowest BCUT2D eigenvalue weighted by molar-refractivity contribution is 0.102. The maximum Gasteiger partial charge on any atom is 0.272 e. The molecule has 2 aromatic heterocycles. The topological polar surface area (TPSA) is 87.0 Å². The van der Waals surface area contributed by atoms with E-state index in [1.54, 1.807) is 18.2 Å². The second-order valence-corrected chi connectivity index (χ2v) is 6.66. The molecular weight excluding hydrogens is 378 g/mol. The number of carbonyl (C=O) groups is 1. The van der Waals surface area contributed by atoms with Crippen molar-refractivity contribution in [3.8, 4) is 5.75 Å². The lowest BCUT2D eigenvalue weighted by atomic mass is 10.2. The van der Waals surface area contributed by atoms with E-state index in [1.165, 1.54) is 12.3 Å². The number of fused-ring (bicyclic) bond motifs is 1. The van der Waals surface area contributed by atoms with Crippen molar-refractivity contribution >= 4 is 34.1 Å². The van der Waals surface area contributed by atoms with Gasteiger partial charge in [0.15, 0.2) is 5.75 Å². The first-order chi connectivity index (χ1) is 13.6. The van der Waals surface area contributed by atoms with E-state index in [1.807, 2.05) is 36.5 Å². The van der Waals surface area contributed by atoms with Crippen LogP contribution in [0.1, 0.15) is 16.1 Å². The number of ether oxygens (including phenoxy) is 1. The third kappa shape index (κ3) is 3.92. The zero-order chi connectivity index (χ0) is 19.5. The fourth-order valence-corrected chi connectivity index (χ4v) is 2.90. The maximum atomic E-state index is 12.4. The number of aromatic nitrogens is 2. The second kappa shape index (κ2) is 7.62. The Morgan fingerprint density at radius 2 is 1.86 bits per heavy atom. The number of amides is 1. The third-order valence-corrected chi connectivity index (χ3v) is 4.49. The van der Waals surface area contributed by atoms with Crippen molar-refractivity contribution in [2.75, 3.05) is 5.32 Å². The standard InChI is InChI=1S/C21H16ClN3O3/c22-15-3-1-13(2-4-15)12-28-20-11-24-18(10-19(20)26)21(27)25-16-5-6-17-14(9-16)7-8-23-17/h1-11,23H,12H2,(H,24,26)(H,25,27). The van der Waals surface area contributed by atoms with E-state index < -0.39 is 5.91 Å². The van der Waals surface area contributed by atoms with Crippen molar-refractivity contribution in [1.29, 1.82) is 0 Å². The van der Waals surface area contributed by atoms with Crippen LogP contribution >= 0.6 is 11.6 Å². The van der Waals surface area contributed by atoms with Crippen molar-refractivity contribution < 1.29 is 9.53 Å². The molecule has 0 radical (unpaired) electrons. The summed E-state index contributed by atoms with van der Waals surface area (Å²) < 4.78 is 5.53. The van der Waals surface area contributed by atoms with Crippen molar-refractivity contribution in [2.24, 2.45) is 0 Å². The normalized spacial score (nSPS) is 10.8. The van der Waals surface area contributed by atoms with Crippen LogP contribution in [0.5, 0.6) is 5.75 Å². The van der Waals surface area contributed by atoms with Gasteiger partial charge in [-0.25, -0.2) is 0 Å². The summed E-state index contributed by atoms with van der Waals surface area (Å²) in [4.78, 5) is 30.6. The molecule has 7 heteroatoms. The summed E-state index contributed by atoms with van der Waals surface area (Å²) in [6, 6.07) is 15.8. The SMILES string of the molecule is O=C(Nc1ccc2[nH]ccc2c1)c1cc(=O)c(OCc2ccc(Cl)cc2)c[nH]1. The van der Waals surface area contributed by atoms with Gasteiger partial charge in [-0.3, -0.25) is 9.59 Å². The minimum atomic E-state index is -0.406. The number of nitrogens with one attached hydrogen (secondary N) is 3. The second-order valence-electron chi connectivity index (χ2n) is 6.22. The summed E-state index contributed by atoms with van der Waals surface area (Å²) >= 11 is 5.85. The van der Waals surface area contributed by atoms with Gasteiger partial charge >= 0.3 is 0 Å². The Labute approximate surface area is 165 Å². The number of aromatic amines is 2. The number of hydrogen-bond donors (Lipinski definition) is 3. The van der Waals surface area contributed by atoms with Crippen LogP contribution in [0, 0.1) is 0 Å². The molecule has 0 saturated carbocycles. The van der Waals surface area contributed by atoms with Crippen LogP contribution in [0.15, 0.2) is 71.8 Å². The number of carbonyl (C=O) groups excluding carboxylic acids is 1. The molecule has 140 valence electrons. The summed E-state index contributed by atoms with van der Waals surface area (Å²) in [5.41, 5.74) is 2.28. The Morgan fingerprint density at radius 1 is 1.04 bits per heavy atom. The number of rotatable bonds is 5. The van der Waals surface area contributed by atoms with E-state index in [2.05, 4.69) is 15.3 Å². The molecule has 6 nitrogen and oxygen atoms in total. The van der Waals surface area contributed by atoms with Gasteiger partial charge < -0.3 is 20.0 Å². The highest BCUT2D eigenvalue weighted by atomic mass is 35.5. The number of benzene rings is 2. The molecule has 3 N–H and O–H groups in total. The van der Waals surface area contributed by atoms with Gasteiger partial charge in [-0.05, 0) is 42.0 Å². The van der Waals surface area contributed by atoms with Crippen molar-refractivity contribution in [3.05, 3.63) is 93.5 Å². The highest BCUT2D eigenvalue weighted by Crippen LogP contribution is 2.18. The fourth-order valence-electron chi connectivity index (χ4n) is 2.77. The first-order valence-electron chi connectivity index (χ1n) is 8.57. The molecule has 4 rings (SSSR count). The average Bonchev–Trinajstić information content (AvgIpc) is 3.16. The predicted molar refractivity (Wildman–Crippen MR) is 109 cm³/mol. The van der Waals surface area contributed by atoms with Crippen molar-refractivity contribution in [2.45, 2.75) is 6.61 Å². The zero-order valence-corrected chi connectivity index (χ0v) is 15.4. The summed E-state index contributed by atoms with van der Waals surface area (Å²) in [6.45, 7) is 0.225. The van der Waals surface area contributed by atoms with Gasteiger partial charge in [-0.15, -0.1) is 0 Å². The van der Waals surface area contributed by atoms with Crippen LogP contribution < -0.4 is 15.5 Å². The predicted octanol–water partition coefficient (Wildman–Crippen LogP) is 4.34. The molecule has 0 aliphatic rings. The molecule has 28 heavy (non-hydrogen) atoms. The summed E-state index contributed by atoms with van der Waals surface area (Å²) in [7, 11) is 0. The van der Waals surface area contributed by atoms with Crippen molar-refractivity contribution in [1.82, 2.24) is 9.97 Å².